The fourth-order valence-electron chi connectivity index (χ4n) is 2.49. The number of fused-ring (bicyclic) bond motifs is 1. The highest BCUT2D eigenvalue weighted by Crippen LogP contribution is 2.29. The first kappa shape index (κ1) is 11.3. The van der Waals surface area contributed by atoms with E-state index in [0.717, 1.165) is 24.7 Å². The van der Waals surface area contributed by atoms with Crippen LogP contribution < -0.4 is 5.32 Å². The molecule has 2 aromatic rings. The lowest BCUT2D eigenvalue weighted by molar-refractivity contribution is 0.478. The van der Waals surface area contributed by atoms with Gasteiger partial charge in [-0.15, -0.1) is 0 Å². The van der Waals surface area contributed by atoms with Gasteiger partial charge < -0.3 is 5.32 Å². The predicted molar refractivity (Wildman–Crippen MR) is 71.9 cm³/mol. The Balaban J connectivity index is 2.05. The number of rotatable bonds is 1. The Morgan fingerprint density at radius 3 is 2.83 bits per heavy atom. The molecule has 0 fully saturated rings. The summed E-state index contributed by atoms with van der Waals surface area (Å²) in [4.78, 5) is 4.41. The van der Waals surface area contributed by atoms with Crippen molar-refractivity contribution in [1.82, 2.24) is 14.8 Å². The van der Waals surface area contributed by atoms with Gasteiger partial charge in [0.05, 0.1) is 6.04 Å². The van der Waals surface area contributed by atoms with E-state index < -0.39 is 0 Å². The van der Waals surface area contributed by atoms with Crippen molar-refractivity contribution in [3.05, 3.63) is 40.7 Å². The summed E-state index contributed by atoms with van der Waals surface area (Å²) >= 11 is 0. The average Bonchev–Trinajstić information content (AvgIpc) is 2.72. The van der Waals surface area contributed by atoms with Crippen molar-refractivity contribution in [2.45, 2.75) is 33.2 Å². The second kappa shape index (κ2) is 4.12. The lowest BCUT2D eigenvalue weighted by atomic mass is 9.98. The summed E-state index contributed by atoms with van der Waals surface area (Å²) in [5, 5.41) is 7.80. The van der Waals surface area contributed by atoms with E-state index in [2.05, 4.69) is 47.4 Å². The highest BCUT2D eigenvalue weighted by Gasteiger charge is 2.23. The molecule has 1 N–H and O–H groups in total. The minimum absolute atomic E-state index is 0.307. The van der Waals surface area contributed by atoms with Crippen LogP contribution in [-0.2, 0) is 0 Å². The van der Waals surface area contributed by atoms with E-state index in [9.17, 15) is 0 Å². The molecule has 0 saturated heterocycles. The zero-order chi connectivity index (χ0) is 12.7. The number of benzene rings is 1. The van der Waals surface area contributed by atoms with Crippen LogP contribution in [0.15, 0.2) is 18.2 Å². The van der Waals surface area contributed by atoms with E-state index in [1.807, 2.05) is 11.6 Å². The number of aromatic nitrogens is 3. The van der Waals surface area contributed by atoms with Crippen molar-refractivity contribution in [3.8, 4) is 0 Å². The number of nitrogens with zero attached hydrogens (tertiary/aromatic N) is 3. The van der Waals surface area contributed by atoms with Gasteiger partial charge in [0.1, 0.15) is 5.82 Å². The third-order valence-corrected chi connectivity index (χ3v) is 3.65. The highest BCUT2D eigenvalue weighted by atomic mass is 15.4. The Morgan fingerprint density at radius 1 is 1.22 bits per heavy atom. The molecule has 18 heavy (non-hydrogen) atoms. The normalized spacial score (nSPS) is 18.3. The smallest absolute Gasteiger partial charge is 0.221 e. The Labute approximate surface area is 107 Å². The predicted octanol–water partition coefficient (Wildman–Crippen LogP) is 2.61. The summed E-state index contributed by atoms with van der Waals surface area (Å²) in [5.74, 6) is 1.72. The van der Waals surface area contributed by atoms with Crippen LogP contribution in [0.2, 0.25) is 0 Å². The van der Waals surface area contributed by atoms with E-state index in [1.54, 1.807) is 0 Å². The van der Waals surface area contributed by atoms with Crippen molar-refractivity contribution in [3.63, 3.8) is 0 Å². The lowest BCUT2D eigenvalue weighted by Gasteiger charge is -2.25. The van der Waals surface area contributed by atoms with Crippen LogP contribution in [0.4, 0.5) is 5.95 Å². The minimum Gasteiger partial charge on any atom is -0.354 e. The van der Waals surface area contributed by atoms with Gasteiger partial charge in [0.2, 0.25) is 5.95 Å². The molecule has 1 unspecified atom stereocenters. The van der Waals surface area contributed by atoms with Gasteiger partial charge in [0, 0.05) is 6.54 Å². The van der Waals surface area contributed by atoms with Crippen LogP contribution >= 0.6 is 0 Å². The third kappa shape index (κ3) is 1.78. The van der Waals surface area contributed by atoms with E-state index in [0.29, 0.717) is 6.04 Å². The standard InChI is InChI=1S/C14H18N4/c1-9-4-5-12(8-10(9)2)13-6-7-15-14-16-11(3)17-18(13)14/h4-5,8,13H,6-7H2,1-3H3,(H,15,16,17). The Bertz CT molecular complexity index is 585. The second-order valence-electron chi connectivity index (χ2n) is 5.00. The molecule has 1 aliphatic heterocycles. The topological polar surface area (TPSA) is 42.7 Å². The average molecular weight is 242 g/mol. The molecule has 0 radical (unpaired) electrons. The Morgan fingerprint density at radius 2 is 2.06 bits per heavy atom. The number of anilines is 1. The summed E-state index contributed by atoms with van der Waals surface area (Å²) in [5.41, 5.74) is 4.00. The number of aryl methyl sites for hydroxylation is 3. The molecule has 0 amide bonds. The zero-order valence-electron chi connectivity index (χ0n) is 11.1. The molecule has 4 heteroatoms. The summed E-state index contributed by atoms with van der Waals surface area (Å²) in [6.45, 7) is 7.19. The van der Waals surface area contributed by atoms with Crippen LogP contribution in [0, 0.1) is 20.8 Å². The Kier molecular flexibility index (Phi) is 2.58. The van der Waals surface area contributed by atoms with E-state index >= 15 is 0 Å². The first-order chi connectivity index (χ1) is 8.65. The maximum atomic E-state index is 4.50. The van der Waals surface area contributed by atoms with Crippen molar-refractivity contribution < 1.29 is 0 Å². The van der Waals surface area contributed by atoms with Crippen LogP contribution in [0.1, 0.15) is 35.0 Å². The van der Waals surface area contributed by atoms with Crippen molar-refractivity contribution in [1.29, 1.82) is 0 Å². The fourth-order valence-corrected chi connectivity index (χ4v) is 2.49. The molecular weight excluding hydrogens is 224 g/mol. The van der Waals surface area contributed by atoms with Crippen molar-refractivity contribution in [2.75, 3.05) is 11.9 Å². The van der Waals surface area contributed by atoms with E-state index in [-0.39, 0.29) is 0 Å². The molecule has 1 aromatic carbocycles. The summed E-state index contributed by atoms with van der Waals surface area (Å²) in [7, 11) is 0. The van der Waals surface area contributed by atoms with Crippen LogP contribution in [0.5, 0.6) is 0 Å². The van der Waals surface area contributed by atoms with Gasteiger partial charge in [0.25, 0.3) is 0 Å². The second-order valence-corrected chi connectivity index (χ2v) is 5.00. The number of hydrogen-bond donors (Lipinski definition) is 1. The van der Waals surface area contributed by atoms with Gasteiger partial charge in [-0.3, -0.25) is 0 Å². The maximum absolute atomic E-state index is 4.50. The molecule has 0 saturated carbocycles. The molecule has 0 spiro atoms. The van der Waals surface area contributed by atoms with Gasteiger partial charge in [-0.2, -0.15) is 10.1 Å². The molecule has 94 valence electrons. The first-order valence-electron chi connectivity index (χ1n) is 6.39. The molecule has 3 rings (SSSR count). The SMILES string of the molecule is Cc1nc2n(n1)C(c1ccc(C)c(C)c1)CCN2. The number of hydrogen-bond acceptors (Lipinski definition) is 3. The molecule has 4 nitrogen and oxygen atoms in total. The molecule has 1 aliphatic rings. The van der Waals surface area contributed by atoms with Gasteiger partial charge >= 0.3 is 0 Å². The quantitative estimate of drug-likeness (QED) is 0.836. The van der Waals surface area contributed by atoms with Crippen LogP contribution in [0.3, 0.4) is 0 Å². The highest BCUT2D eigenvalue weighted by molar-refractivity contribution is 5.36. The van der Waals surface area contributed by atoms with Crippen molar-refractivity contribution in [2.24, 2.45) is 0 Å². The maximum Gasteiger partial charge on any atom is 0.221 e. The van der Waals surface area contributed by atoms with E-state index in [4.69, 9.17) is 0 Å². The first-order valence-corrected chi connectivity index (χ1v) is 6.39. The van der Waals surface area contributed by atoms with Gasteiger partial charge in [-0.05, 0) is 43.9 Å². The minimum atomic E-state index is 0.307. The zero-order valence-corrected chi connectivity index (χ0v) is 11.1. The van der Waals surface area contributed by atoms with Gasteiger partial charge in [0.15, 0.2) is 0 Å². The van der Waals surface area contributed by atoms with Crippen LogP contribution in [0.25, 0.3) is 0 Å². The lowest BCUT2D eigenvalue weighted by Crippen LogP contribution is -2.24. The van der Waals surface area contributed by atoms with Crippen molar-refractivity contribution >= 4 is 5.95 Å². The fraction of sp³-hybridized carbons (Fsp3) is 0.429. The van der Waals surface area contributed by atoms with Crippen LogP contribution in [-0.4, -0.2) is 21.3 Å². The van der Waals surface area contributed by atoms with E-state index in [1.165, 1.54) is 16.7 Å². The molecule has 0 bridgehead atoms. The summed E-state index contributed by atoms with van der Waals surface area (Å²) in [6, 6.07) is 6.98. The molecular formula is C14H18N4. The molecule has 1 atom stereocenters. The summed E-state index contributed by atoms with van der Waals surface area (Å²) in [6.07, 6.45) is 1.05. The Hall–Kier alpha value is -1.84. The van der Waals surface area contributed by atoms with Gasteiger partial charge in [-0.1, -0.05) is 18.2 Å². The monoisotopic (exact) mass is 242 g/mol. The number of nitrogens with one attached hydrogen (secondary N) is 1. The molecule has 1 aromatic heterocycles. The third-order valence-electron chi connectivity index (χ3n) is 3.65. The van der Waals surface area contributed by atoms with Gasteiger partial charge in [-0.25, -0.2) is 4.68 Å². The summed E-state index contributed by atoms with van der Waals surface area (Å²) < 4.78 is 2.02. The molecule has 2 heterocycles. The largest absolute Gasteiger partial charge is 0.354 e. The molecule has 0 aliphatic carbocycles.